The van der Waals surface area contributed by atoms with E-state index in [0.717, 1.165) is 10.4 Å². The first kappa shape index (κ1) is 15.9. The molecular weight excluding hydrogens is 330 g/mol. The molecule has 0 saturated carbocycles. The van der Waals surface area contributed by atoms with Gasteiger partial charge in [-0.05, 0) is 31.2 Å². The molecule has 3 rings (SSSR count). The van der Waals surface area contributed by atoms with E-state index in [-0.39, 0.29) is 17.9 Å². The molecule has 0 aliphatic rings. The van der Waals surface area contributed by atoms with E-state index in [1.165, 1.54) is 11.3 Å². The summed E-state index contributed by atoms with van der Waals surface area (Å²) in [6.07, 6.45) is 1.76. The normalized spacial score (nSPS) is 10.5. The van der Waals surface area contributed by atoms with Crippen molar-refractivity contribution >= 4 is 17.3 Å². The van der Waals surface area contributed by atoms with Crippen LogP contribution in [-0.2, 0) is 11.2 Å². The van der Waals surface area contributed by atoms with Crippen LogP contribution in [0.15, 0.2) is 47.1 Å². The minimum Gasteiger partial charge on any atom is -0.478 e. The lowest BCUT2D eigenvalue weighted by molar-refractivity contribution is -0.132. The van der Waals surface area contributed by atoms with Crippen LogP contribution in [0.3, 0.4) is 0 Å². The number of aryl methyl sites for hydroxylation is 1. The van der Waals surface area contributed by atoms with E-state index in [0.29, 0.717) is 16.8 Å². The Hall–Kier alpha value is -3.00. The van der Waals surface area contributed by atoms with Crippen molar-refractivity contribution in [3.8, 4) is 22.3 Å². The highest BCUT2D eigenvalue weighted by molar-refractivity contribution is 7.13. The van der Waals surface area contributed by atoms with Crippen molar-refractivity contribution in [1.82, 2.24) is 15.1 Å². The fourth-order valence-corrected chi connectivity index (χ4v) is 2.48. The second kappa shape index (κ2) is 6.63. The van der Waals surface area contributed by atoms with Gasteiger partial charge >= 0.3 is 5.97 Å². The molecule has 0 fully saturated rings. The first-order valence-corrected chi connectivity index (χ1v) is 7.77. The van der Waals surface area contributed by atoms with Gasteiger partial charge in [0, 0.05) is 22.2 Å². The SMILES string of the molecule is C=C(Cc1nc(-c2ccc(Oc3ncc(C)s3)cc2)no1)C(=O)O. The van der Waals surface area contributed by atoms with Crippen LogP contribution >= 0.6 is 11.3 Å². The van der Waals surface area contributed by atoms with E-state index in [4.69, 9.17) is 14.4 Å². The summed E-state index contributed by atoms with van der Waals surface area (Å²) in [7, 11) is 0. The van der Waals surface area contributed by atoms with Gasteiger partial charge in [0.25, 0.3) is 5.19 Å². The quantitative estimate of drug-likeness (QED) is 0.684. The van der Waals surface area contributed by atoms with Gasteiger partial charge in [-0.1, -0.05) is 23.1 Å². The Morgan fingerprint density at radius 3 is 2.75 bits per heavy atom. The van der Waals surface area contributed by atoms with E-state index in [2.05, 4.69) is 21.7 Å². The zero-order valence-electron chi connectivity index (χ0n) is 12.7. The average Bonchev–Trinajstić information content (AvgIpc) is 3.17. The highest BCUT2D eigenvalue weighted by Gasteiger charge is 2.13. The molecule has 24 heavy (non-hydrogen) atoms. The largest absolute Gasteiger partial charge is 0.478 e. The van der Waals surface area contributed by atoms with Gasteiger partial charge in [0.1, 0.15) is 5.75 Å². The molecule has 3 aromatic rings. The second-order valence-corrected chi connectivity index (χ2v) is 6.16. The zero-order chi connectivity index (χ0) is 17.1. The van der Waals surface area contributed by atoms with Crippen molar-refractivity contribution < 1.29 is 19.2 Å². The average molecular weight is 343 g/mol. The van der Waals surface area contributed by atoms with Gasteiger partial charge in [0.2, 0.25) is 11.7 Å². The van der Waals surface area contributed by atoms with Crippen LogP contribution in [0.25, 0.3) is 11.4 Å². The summed E-state index contributed by atoms with van der Waals surface area (Å²) in [5.74, 6) is 0.139. The highest BCUT2D eigenvalue weighted by Crippen LogP contribution is 2.27. The highest BCUT2D eigenvalue weighted by atomic mass is 32.1. The lowest BCUT2D eigenvalue weighted by Gasteiger charge is -2.01. The van der Waals surface area contributed by atoms with Crippen molar-refractivity contribution in [3.05, 3.63) is 53.4 Å². The lowest BCUT2D eigenvalue weighted by atomic mass is 10.2. The number of rotatable bonds is 6. The van der Waals surface area contributed by atoms with E-state index < -0.39 is 5.97 Å². The topological polar surface area (TPSA) is 98.3 Å². The number of benzene rings is 1. The maximum absolute atomic E-state index is 10.8. The molecule has 0 amide bonds. The van der Waals surface area contributed by atoms with Gasteiger partial charge in [0.15, 0.2) is 0 Å². The standard InChI is InChI=1S/C16H13N3O4S/c1-9(15(20)21)7-13-18-14(19-23-13)11-3-5-12(6-4-11)22-16-17-8-10(2)24-16/h3-6,8H,1,7H2,2H3,(H,20,21). The number of carbonyl (C=O) groups is 1. The van der Waals surface area contributed by atoms with Crippen LogP contribution in [0, 0.1) is 6.92 Å². The number of ether oxygens (including phenoxy) is 1. The van der Waals surface area contributed by atoms with Gasteiger partial charge in [-0.15, -0.1) is 0 Å². The molecule has 0 spiro atoms. The monoisotopic (exact) mass is 343 g/mol. The smallest absolute Gasteiger partial charge is 0.331 e. The Balaban J connectivity index is 1.70. The van der Waals surface area contributed by atoms with Gasteiger partial charge < -0.3 is 14.4 Å². The minimum atomic E-state index is -1.09. The van der Waals surface area contributed by atoms with Crippen molar-refractivity contribution in [2.24, 2.45) is 0 Å². The Morgan fingerprint density at radius 1 is 1.38 bits per heavy atom. The molecule has 0 atom stereocenters. The van der Waals surface area contributed by atoms with E-state index in [9.17, 15) is 4.79 Å². The summed E-state index contributed by atoms with van der Waals surface area (Å²) in [6.45, 7) is 5.39. The molecule has 0 aliphatic carbocycles. The van der Waals surface area contributed by atoms with E-state index >= 15 is 0 Å². The van der Waals surface area contributed by atoms with Gasteiger partial charge in [-0.3, -0.25) is 0 Å². The number of carboxylic acid groups (broad SMARTS) is 1. The molecule has 0 saturated heterocycles. The van der Waals surface area contributed by atoms with Crippen LogP contribution in [0.2, 0.25) is 0 Å². The number of nitrogens with zero attached hydrogens (tertiary/aromatic N) is 3. The van der Waals surface area contributed by atoms with Gasteiger partial charge in [-0.25, -0.2) is 9.78 Å². The predicted molar refractivity (Wildman–Crippen MR) is 87.1 cm³/mol. The molecule has 7 nitrogen and oxygen atoms in total. The summed E-state index contributed by atoms with van der Waals surface area (Å²) in [4.78, 5) is 20.1. The number of hydrogen-bond acceptors (Lipinski definition) is 7. The Kier molecular flexibility index (Phi) is 4.39. The summed E-state index contributed by atoms with van der Waals surface area (Å²) in [6, 6.07) is 7.13. The molecule has 0 unspecified atom stereocenters. The van der Waals surface area contributed by atoms with Gasteiger partial charge in [0.05, 0.1) is 6.42 Å². The minimum absolute atomic E-state index is 0.00677. The summed E-state index contributed by atoms with van der Waals surface area (Å²) >= 11 is 1.47. The molecule has 0 aliphatic heterocycles. The lowest BCUT2D eigenvalue weighted by Crippen LogP contribution is -2.02. The van der Waals surface area contributed by atoms with Crippen molar-refractivity contribution in [2.45, 2.75) is 13.3 Å². The molecule has 2 heterocycles. The third kappa shape index (κ3) is 3.66. The maximum atomic E-state index is 10.8. The van der Waals surface area contributed by atoms with Crippen LogP contribution in [0.4, 0.5) is 0 Å². The third-order valence-electron chi connectivity index (χ3n) is 3.05. The van der Waals surface area contributed by atoms with Crippen molar-refractivity contribution in [2.75, 3.05) is 0 Å². The maximum Gasteiger partial charge on any atom is 0.331 e. The molecule has 0 radical (unpaired) electrons. The van der Waals surface area contributed by atoms with Crippen LogP contribution < -0.4 is 4.74 Å². The Morgan fingerprint density at radius 2 is 2.12 bits per heavy atom. The third-order valence-corrected chi connectivity index (χ3v) is 3.84. The molecule has 0 bridgehead atoms. The fourth-order valence-electron chi connectivity index (χ4n) is 1.86. The number of aromatic nitrogens is 3. The Labute approximate surface area is 141 Å². The molecular formula is C16H13N3O4S. The van der Waals surface area contributed by atoms with Crippen molar-refractivity contribution in [1.29, 1.82) is 0 Å². The van der Waals surface area contributed by atoms with E-state index in [1.54, 1.807) is 30.5 Å². The first-order valence-electron chi connectivity index (χ1n) is 6.95. The molecule has 8 heteroatoms. The number of aliphatic carboxylic acids is 1. The van der Waals surface area contributed by atoms with Crippen molar-refractivity contribution in [3.63, 3.8) is 0 Å². The number of thiazole rings is 1. The molecule has 1 aromatic carbocycles. The van der Waals surface area contributed by atoms with Crippen LogP contribution in [0.1, 0.15) is 10.8 Å². The summed E-state index contributed by atoms with van der Waals surface area (Å²) < 4.78 is 10.7. The predicted octanol–water partition coefficient (Wildman–Crippen LogP) is 3.48. The molecule has 122 valence electrons. The first-order chi connectivity index (χ1) is 11.5. The van der Waals surface area contributed by atoms with Crippen LogP contribution in [-0.4, -0.2) is 26.2 Å². The molecule has 2 aromatic heterocycles. The van der Waals surface area contributed by atoms with Gasteiger partial charge in [-0.2, -0.15) is 4.98 Å². The Bertz CT molecular complexity index is 883. The number of hydrogen-bond donors (Lipinski definition) is 1. The summed E-state index contributed by atoms with van der Waals surface area (Å²) in [5.41, 5.74) is 0.723. The molecule has 1 N–H and O–H groups in total. The number of carboxylic acids is 1. The second-order valence-electron chi connectivity index (χ2n) is 4.96. The van der Waals surface area contributed by atoms with Crippen LogP contribution in [0.5, 0.6) is 10.9 Å². The van der Waals surface area contributed by atoms with E-state index in [1.807, 2.05) is 6.92 Å². The fraction of sp³-hybridized carbons (Fsp3) is 0.125. The zero-order valence-corrected chi connectivity index (χ0v) is 13.5. The summed E-state index contributed by atoms with van der Waals surface area (Å²) in [5, 5.41) is 13.2.